The summed E-state index contributed by atoms with van der Waals surface area (Å²) in [6.45, 7) is 2.10. The number of hydrogen-bond donors (Lipinski definition) is 0. The van der Waals surface area contributed by atoms with Gasteiger partial charge in [-0.25, -0.2) is 8.78 Å². The van der Waals surface area contributed by atoms with Crippen molar-refractivity contribution in [3.63, 3.8) is 0 Å². The summed E-state index contributed by atoms with van der Waals surface area (Å²) in [5, 5.41) is 0. The van der Waals surface area contributed by atoms with Crippen molar-refractivity contribution in [1.82, 2.24) is 0 Å². The van der Waals surface area contributed by atoms with Crippen molar-refractivity contribution in [3.05, 3.63) is 47.5 Å². The monoisotopic (exact) mass is 290 g/mol. The molecule has 2 aliphatic carbocycles. The molecule has 2 saturated carbocycles. The van der Waals surface area contributed by atoms with Crippen LogP contribution < -0.4 is 0 Å². The zero-order valence-electron chi connectivity index (χ0n) is 12.7. The van der Waals surface area contributed by atoms with Crippen LogP contribution >= 0.6 is 0 Å². The Hall–Kier alpha value is -1.18. The molecule has 2 aliphatic rings. The van der Waals surface area contributed by atoms with Gasteiger partial charge in [0.25, 0.3) is 0 Å². The standard InChI is InChI=1S/C19H24F2/c1-2-3-13-4-5-15-9-16(7-6-14(15)8-13)17-10-18(20)12-19(21)11-17/h2-3,10-16H,4-9H2,1H3/t13?,14-,15+,16?/m1/s1. The second-order valence-electron chi connectivity index (χ2n) is 6.83. The van der Waals surface area contributed by atoms with Crippen LogP contribution in [0.3, 0.4) is 0 Å². The van der Waals surface area contributed by atoms with Crippen LogP contribution in [-0.4, -0.2) is 0 Å². The van der Waals surface area contributed by atoms with Crippen molar-refractivity contribution in [1.29, 1.82) is 0 Å². The van der Waals surface area contributed by atoms with E-state index in [-0.39, 0.29) is 0 Å². The SMILES string of the molecule is CC=CC1CC[C@H]2CC(c3cc(F)cc(F)c3)CC[C@@H]2C1. The molecule has 0 aliphatic heterocycles. The quantitative estimate of drug-likeness (QED) is 0.600. The molecule has 1 aromatic rings. The fourth-order valence-corrected chi connectivity index (χ4v) is 4.49. The summed E-state index contributed by atoms with van der Waals surface area (Å²) in [7, 11) is 0. The Balaban J connectivity index is 1.68. The number of allylic oxidation sites excluding steroid dienone is 2. The lowest BCUT2D eigenvalue weighted by atomic mass is 9.64. The predicted molar refractivity (Wildman–Crippen MR) is 82.1 cm³/mol. The molecule has 0 saturated heterocycles. The van der Waals surface area contributed by atoms with Crippen molar-refractivity contribution in [2.75, 3.05) is 0 Å². The summed E-state index contributed by atoms with van der Waals surface area (Å²) < 4.78 is 26.8. The van der Waals surface area contributed by atoms with E-state index in [2.05, 4.69) is 19.1 Å². The molecule has 2 unspecified atom stereocenters. The highest BCUT2D eigenvalue weighted by molar-refractivity contribution is 5.22. The first kappa shape index (κ1) is 14.7. The Morgan fingerprint density at radius 3 is 2.29 bits per heavy atom. The van der Waals surface area contributed by atoms with E-state index < -0.39 is 11.6 Å². The molecule has 21 heavy (non-hydrogen) atoms. The molecule has 0 N–H and O–H groups in total. The molecule has 4 atom stereocenters. The molecule has 0 spiro atoms. The van der Waals surface area contributed by atoms with Gasteiger partial charge in [0, 0.05) is 6.07 Å². The highest BCUT2D eigenvalue weighted by Gasteiger charge is 2.35. The average Bonchev–Trinajstić information content (AvgIpc) is 2.46. The summed E-state index contributed by atoms with van der Waals surface area (Å²) in [5.41, 5.74) is 0.863. The Morgan fingerprint density at radius 1 is 0.905 bits per heavy atom. The molecule has 2 fully saturated rings. The minimum absolute atomic E-state index is 0.342. The molecule has 1 aromatic carbocycles. The van der Waals surface area contributed by atoms with Gasteiger partial charge in [0.2, 0.25) is 0 Å². The number of fused-ring (bicyclic) bond motifs is 1. The number of rotatable bonds is 2. The van der Waals surface area contributed by atoms with E-state index in [4.69, 9.17) is 0 Å². The first-order valence-electron chi connectivity index (χ1n) is 8.24. The topological polar surface area (TPSA) is 0 Å². The van der Waals surface area contributed by atoms with Crippen molar-refractivity contribution in [2.45, 2.75) is 51.4 Å². The second-order valence-corrected chi connectivity index (χ2v) is 6.83. The molecule has 0 aromatic heterocycles. The molecule has 3 rings (SSSR count). The summed E-state index contributed by atoms with van der Waals surface area (Å²) in [6.07, 6.45) is 11.8. The highest BCUT2D eigenvalue weighted by atomic mass is 19.1. The molecule has 2 heteroatoms. The lowest BCUT2D eigenvalue weighted by molar-refractivity contribution is 0.133. The number of benzene rings is 1. The minimum Gasteiger partial charge on any atom is -0.207 e. The molecular formula is C19H24F2. The maximum absolute atomic E-state index is 13.4. The second kappa shape index (κ2) is 6.29. The van der Waals surface area contributed by atoms with E-state index in [9.17, 15) is 8.78 Å². The van der Waals surface area contributed by atoms with Crippen molar-refractivity contribution < 1.29 is 8.78 Å². The van der Waals surface area contributed by atoms with E-state index in [1.165, 1.54) is 37.8 Å². The van der Waals surface area contributed by atoms with Gasteiger partial charge in [0.15, 0.2) is 0 Å². The fourth-order valence-electron chi connectivity index (χ4n) is 4.49. The van der Waals surface area contributed by atoms with Gasteiger partial charge in [-0.15, -0.1) is 0 Å². The Kier molecular flexibility index (Phi) is 4.42. The molecule has 114 valence electrons. The van der Waals surface area contributed by atoms with Gasteiger partial charge < -0.3 is 0 Å². The van der Waals surface area contributed by atoms with E-state index in [1.807, 2.05) is 0 Å². The van der Waals surface area contributed by atoms with Crippen molar-refractivity contribution in [3.8, 4) is 0 Å². The lowest BCUT2D eigenvalue weighted by Gasteiger charge is -2.41. The third kappa shape index (κ3) is 3.36. The van der Waals surface area contributed by atoms with Crippen LogP contribution in [0, 0.1) is 29.4 Å². The maximum atomic E-state index is 13.4. The van der Waals surface area contributed by atoms with Gasteiger partial charge in [-0.2, -0.15) is 0 Å². The third-order valence-electron chi connectivity index (χ3n) is 5.47. The molecule has 0 nitrogen and oxygen atoms in total. The zero-order valence-corrected chi connectivity index (χ0v) is 12.7. The van der Waals surface area contributed by atoms with Gasteiger partial charge in [0.05, 0.1) is 0 Å². The highest BCUT2D eigenvalue weighted by Crippen LogP contribution is 2.47. The van der Waals surface area contributed by atoms with Crippen LogP contribution in [0.1, 0.15) is 56.9 Å². The van der Waals surface area contributed by atoms with Gasteiger partial charge in [-0.1, -0.05) is 12.2 Å². The fraction of sp³-hybridized carbons (Fsp3) is 0.579. The van der Waals surface area contributed by atoms with E-state index >= 15 is 0 Å². The summed E-state index contributed by atoms with van der Waals surface area (Å²) in [6, 6.07) is 4.02. The first-order chi connectivity index (χ1) is 10.2. The lowest BCUT2D eigenvalue weighted by Crippen LogP contribution is -2.30. The van der Waals surface area contributed by atoms with Crippen LogP contribution in [0.4, 0.5) is 8.78 Å². The van der Waals surface area contributed by atoms with Crippen LogP contribution in [-0.2, 0) is 0 Å². The van der Waals surface area contributed by atoms with Gasteiger partial charge in [-0.05, 0) is 86.8 Å². The van der Waals surface area contributed by atoms with Gasteiger partial charge in [0.1, 0.15) is 11.6 Å². The summed E-state index contributed by atoms with van der Waals surface area (Å²) in [4.78, 5) is 0. The Bertz CT molecular complexity index is 500. The van der Waals surface area contributed by atoms with Crippen LogP contribution in [0.2, 0.25) is 0 Å². The molecular weight excluding hydrogens is 266 g/mol. The van der Waals surface area contributed by atoms with E-state index in [0.29, 0.717) is 5.92 Å². The smallest absolute Gasteiger partial charge is 0.126 e. The Labute approximate surface area is 126 Å². The van der Waals surface area contributed by atoms with Crippen LogP contribution in [0.5, 0.6) is 0 Å². The number of hydrogen-bond acceptors (Lipinski definition) is 0. The third-order valence-corrected chi connectivity index (χ3v) is 5.47. The van der Waals surface area contributed by atoms with Crippen LogP contribution in [0.15, 0.2) is 30.4 Å². The molecule has 0 radical (unpaired) electrons. The molecule has 0 amide bonds. The van der Waals surface area contributed by atoms with E-state index in [1.54, 1.807) is 0 Å². The predicted octanol–water partition coefficient (Wildman–Crippen LogP) is 5.84. The van der Waals surface area contributed by atoms with Gasteiger partial charge >= 0.3 is 0 Å². The molecule has 0 bridgehead atoms. The average molecular weight is 290 g/mol. The zero-order chi connectivity index (χ0) is 14.8. The summed E-state index contributed by atoms with van der Waals surface area (Å²) in [5.74, 6) is 1.77. The normalized spacial score (nSPS) is 33.1. The minimum atomic E-state index is -0.441. The first-order valence-corrected chi connectivity index (χ1v) is 8.24. The van der Waals surface area contributed by atoms with E-state index in [0.717, 1.165) is 42.2 Å². The number of halogens is 2. The summed E-state index contributed by atoms with van der Waals surface area (Å²) >= 11 is 0. The maximum Gasteiger partial charge on any atom is 0.126 e. The van der Waals surface area contributed by atoms with Crippen molar-refractivity contribution >= 4 is 0 Å². The molecule has 0 heterocycles. The van der Waals surface area contributed by atoms with Crippen molar-refractivity contribution in [2.24, 2.45) is 17.8 Å². The van der Waals surface area contributed by atoms with Crippen LogP contribution in [0.25, 0.3) is 0 Å². The largest absolute Gasteiger partial charge is 0.207 e. The Morgan fingerprint density at radius 2 is 1.57 bits per heavy atom. The van der Waals surface area contributed by atoms with Gasteiger partial charge in [-0.3, -0.25) is 0 Å².